The predicted molar refractivity (Wildman–Crippen MR) is 83.1 cm³/mol. The molecule has 0 radical (unpaired) electrons. The van der Waals surface area contributed by atoms with Crippen molar-refractivity contribution >= 4 is 22.7 Å². The fourth-order valence-corrected chi connectivity index (χ4v) is 3.40. The van der Waals surface area contributed by atoms with Crippen LogP contribution in [0.15, 0.2) is 17.0 Å². The smallest absolute Gasteiger partial charge is 0.116 e. The molecule has 0 aliphatic carbocycles. The van der Waals surface area contributed by atoms with Gasteiger partial charge in [0, 0.05) is 22.4 Å². The van der Waals surface area contributed by atoms with Crippen molar-refractivity contribution in [3.8, 4) is 0 Å². The number of aromatic nitrogens is 2. The zero-order valence-corrected chi connectivity index (χ0v) is 13.6. The van der Waals surface area contributed by atoms with E-state index in [0.29, 0.717) is 0 Å². The Morgan fingerprint density at radius 2 is 2.11 bits per heavy atom. The fourth-order valence-electron chi connectivity index (χ4n) is 1.75. The molecule has 0 saturated heterocycles. The average Bonchev–Trinajstić information content (AvgIpc) is 2.99. The van der Waals surface area contributed by atoms with Crippen LogP contribution in [0.5, 0.6) is 0 Å². The third kappa shape index (κ3) is 3.61. The summed E-state index contributed by atoms with van der Waals surface area (Å²) in [5.41, 5.74) is 1.21. The molecule has 3 nitrogen and oxygen atoms in total. The van der Waals surface area contributed by atoms with Gasteiger partial charge in [-0.05, 0) is 13.0 Å². The minimum absolute atomic E-state index is 0.112. The van der Waals surface area contributed by atoms with Crippen LogP contribution in [-0.4, -0.2) is 16.5 Å². The quantitative estimate of drug-likeness (QED) is 0.906. The van der Waals surface area contributed by atoms with Crippen molar-refractivity contribution < 1.29 is 0 Å². The third-order valence-electron chi connectivity index (χ3n) is 2.76. The number of hydrogen-bond acceptors (Lipinski definition) is 5. The molecule has 1 unspecified atom stereocenters. The second-order valence-electron chi connectivity index (χ2n) is 5.59. The lowest BCUT2D eigenvalue weighted by Gasteiger charge is -2.16. The summed E-state index contributed by atoms with van der Waals surface area (Å²) < 4.78 is 0. The van der Waals surface area contributed by atoms with E-state index in [0.717, 1.165) is 23.7 Å². The summed E-state index contributed by atoms with van der Waals surface area (Å²) in [6, 6.07) is 0.132. The lowest BCUT2D eigenvalue weighted by atomic mass is 9.98. The molecule has 0 fully saturated rings. The molecule has 0 bridgehead atoms. The van der Waals surface area contributed by atoms with Crippen LogP contribution in [-0.2, 0) is 5.41 Å². The van der Waals surface area contributed by atoms with Gasteiger partial charge >= 0.3 is 0 Å². The van der Waals surface area contributed by atoms with Crippen LogP contribution in [0.3, 0.4) is 0 Å². The Labute approximate surface area is 123 Å². The summed E-state index contributed by atoms with van der Waals surface area (Å²) in [4.78, 5) is 9.25. The molecular weight excluding hydrogens is 274 g/mol. The SMILES string of the molecule is CCCNC(c1csc(C(C)(C)C)n1)c1nccs1. The number of nitrogens with zero attached hydrogens (tertiary/aromatic N) is 2. The van der Waals surface area contributed by atoms with Gasteiger partial charge < -0.3 is 5.32 Å². The molecule has 5 heteroatoms. The zero-order chi connectivity index (χ0) is 13.9. The van der Waals surface area contributed by atoms with Gasteiger partial charge in [0.05, 0.1) is 10.7 Å². The Kier molecular flexibility index (Phi) is 4.71. The first-order valence-corrected chi connectivity index (χ1v) is 8.37. The molecule has 0 spiro atoms. The molecule has 2 aromatic rings. The van der Waals surface area contributed by atoms with Crippen LogP contribution < -0.4 is 5.32 Å². The van der Waals surface area contributed by atoms with Crippen molar-refractivity contribution in [2.75, 3.05) is 6.54 Å². The van der Waals surface area contributed by atoms with Gasteiger partial charge in [-0.3, -0.25) is 0 Å². The number of rotatable bonds is 5. The fraction of sp³-hybridized carbons (Fsp3) is 0.571. The van der Waals surface area contributed by atoms with E-state index in [1.807, 2.05) is 11.6 Å². The van der Waals surface area contributed by atoms with Crippen LogP contribution in [0.2, 0.25) is 0 Å². The minimum atomic E-state index is 0.112. The van der Waals surface area contributed by atoms with Gasteiger partial charge in [-0.25, -0.2) is 9.97 Å². The van der Waals surface area contributed by atoms with Gasteiger partial charge in [0.15, 0.2) is 0 Å². The van der Waals surface area contributed by atoms with E-state index in [-0.39, 0.29) is 11.5 Å². The molecule has 0 aliphatic rings. The van der Waals surface area contributed by atoms with E-state index in [9.17, 15) is 0 Å². The monoisotopic (exact) mass is 295 g/mol. The number of hydrogen-bond donors (Lipinski definition) is 1. The summed E-state index contributed by atoms with van der Waals surface area (Å²) in [6.45, 7) is 9.76. The van der Waals surface area contributed by atoms with Crippen LogP contribution in [0, 0.1) is 0 Å². The summed E-state index contributed by atoms with van der Waals surface area (Å²) in [5.74, 6) is 0. The predicted octanol–water partition coefficient (Wildman–Crippen LogP) is 3.99. The molecule has 104 valence electrons. The molecular formula is C14H21N3S2. The van der Waals surface area contributed by atoms with E-state index in [1.165, 1.54) is 5.01 Å². The molecule has 1 atom stereocenters. The Morgan fingerprint density at radius 3 is 2.63 bits per heavy atom. The summed E-state index contributed by atoms with van der Waals surface area (Å²) >= 11 is 3.43. The van der Waals surface area contributed by atoms with Crippen molar-refractivity contribution in [2.45, 2.75) is 45.6 Å². The highest BCUT2D eigenvalue weighted by molar-refractivity contribution is 7.10. The Bertz CT molecular complexity index is 497. The zero-order valence-electron chi connectivity index (χ0n) is 11.9. The topological polar surface area (TPSA) is 37.8 Å². The lowest BCUT2D eigenvalue weighted by Crippen LogP contribution is -2.23. The number of thiazole rings is 2. The molecule has 2 aromatic heterocycles. The van der Waals surface area contributed by atoms with Crippen LogP contribution >= 0.6 is 22.7 Å². The second kappa shape index (κ2) is 6.11. The van der Waals surface area contributed by atoms with E-state index in [1.54, 1.807) is 22.7 Å². The maximum absolute atomic E-state index is 4.81. The molecule has 0 aliphatic heterocycles. The molecule has 1 N–H and O–H groups in total. The third-order valence-corrected chi connectivity index (χ3v) is 4.88. The van der Waals surface area contributed by atoms with Gasteiger partial charge in [-0.2, -0.15) is 0 Å². The normalized spacial score (nSPS) is 13.7. The standard InChI is InChI=1S/C14H21N3S2/c1-5-6-15-11(12-16-7-8-18-12)10-9-19-13(17-10)14(2,3)4/h7-9,11,15H,5-6H2,1-4H3. The Hall–Kier alpha value is -0.780. The van der Waals surface area contributed by atoms with Crippen molar-refractivity contribution in [1.82, 2.24) is 15.3 Å². The molecule has 19 heavy (non-hydrogen) atoms. The van der Waals surface area contributed by atoms with Gasteiger partial charge in [-0.1, -0.05) is 27.7 Å². The largest absolute Gasteiger partial charge is 0.303 e. The van der Waals surface area contributed by atoms with E-state index >= 15 is 0 Å². The van der Waals surface area contributed by atoms with Crippen LogP contribution in [0.4, 0.5) is 0 Å². The summed E-state index contributed by atoms with van der Waals surface area (Å²) in [7, 11) is 0. The van der Waals surface area contributed by atoms with E-state index in [2.05, 4.69) is 43.4 Å². The highest BCUT2D eigenvalue weighted by Crippen LogP contribution is 2.30. The molecule has 0 aromatic carbocycles. The lowest BCUT2D eigenvalue weighted by molar-refractivity contribution is 0.561. The van der Waals surface area contributed by atoms with E-state index in [4.69, 9.17) is 4.98 Å². The second-order valence-corrected chi connectivity index (χ2v) is 7.37. The van der Waals surface area contributed by atoms with Crippen molar-refractivity contribution in [3.63, 3.8) is 0 Å². The maximum atomic E-state index is 4.81. The van der Waals surface area contributed by atoms with Gasteiger partial charge in [0.2, 0.25) is 0 Å². The first-order valence-electron chi connectivity index (χ1n) is 6.61. The van der Waals surface area contributed by atoms with Crippen molar-refractivity contribution in [1.29, 1.82) is 0 Å². The molecule has 0 amide bonds. The highest BCUT2D eigenvalue weighted by atomic mass is 32.1. The number of nitrogens with one attached hydrogen (secondary N) is 1. The van der Waals surface area contributed by atoms with E-state index < -0.39 is 0 Å². The van der Waals surface area contributed by atoms with Gasteiger partial charge in [-0.15, -0.1) is 22.7 Å². The van der Waals surface area contributed by atoms with Crippen LogP contribution in [0.1, 0.15) is 55.9 Å². The minimum Gasteiger partial charge on any atom is -0.303 e. The van der Waals surface area contributed by atoms with Crippen molar-refractivity contribution in [3.05, 3.63) is 32.7 Å². The maximum Gasteiger partial charge on any atom is 0.116 e. The highest BCUT2D eigenvalue weighted by Gasteiger charge is 2.23. The molecule has 2 rings (SSSR count). The molecule has 0 saturated carbocycles. The van der Waals surface area contributed by atoms with Crippen molar-refractivity contribution in [2.24, 2.45) is 0 Å². The Balaban J connectivity index is 2.26. The van der Waals surface area contributed by atoms with Gasteiger partial charge in [0.25, 0.3) is 0 Å². The summed E-state index contributed by atoms with van der Waals surface area (Å²) in [6.07, 6.45) is 2.97. The first-order chi connectivity index (χ1) is 9.02. The van der Waals surface area contributed by atoms with Gasteiger partial charge in [0.1, 0.15) is 11.0 Å². The Morgan fingerprint density at radius 1 is 1.32 bits per heavy atom. The molecule has 2 heterocycles. The summed E-state index contributed by atoms with van der Waals surface area (Å²) in [5, 5.41) is 10.0. The van der Waals surface area contributed by atoms with Crippen LogP contribution in [0.25, 0.3) is 0 Å². The average molecular weight is 295 g/mol. The first kappa shape index (κ1) is 14.6.